The van der Waals surface area contributed by atoms with E-state index >= 15 is 0 Å². The Morgan fingerprint density at radius 1 is 0.967 bits per heavy atom. The van der Waals surface area contributed by atoms with E-state index in [1.165, 1.54) is 5.56 Å². The fourth-order valence-electron chi connectivity index (χ4n) is 4.00. The molecule has 9 heteroatoms. The number of carbonyl (C=O) groups excluding carboxylic acids is 1. The molecule has 0 unspecified atom stereocenters. The maximum atomic E-state index is 12.9. The van der Waals surface area contributed by atoms with Gasteiger partial charge in [-0.1, -0.05) is 6.07 Å². The number of piperazine rings is 1. The van der Waals surface area contributed by atoms with Gasteiger partial charge in [-0.25, -0.2) is 4.98 Å². The molecule has 1 aromatic carbocycles. The van der Waals surface area contributed by atoms with Crippen LogP contribution in [0.25, 0.3) is 0 Å². The summed E-state index contributed by atoms with van der Waals surface area (Å²) in [5.41, 5.74) is 1.78. The summed E-state index contributed by atoms with van der Waals surface area (Å²) >= 11 is 1.57. The third-order valence-electron chi connectivity index (χ3n) is 5.74. The normalized spacial score (nSPS) is 19.9. The smallest absolute Gasteiger partial charge is 0.273 e. The molecule has 30 heavy (non-hydrogen) atoms. The largest absolute Gasteiger partial charge is 0.454 e. The summed E-state index contributed by atoms with van der Waals surface area (Å²) in [6.45, 7) is 8.48. The topological polar surface area (TPSA) is 67.4 Å². The van der Waals surface area contributed by atoms with Crippen LogP contribution in [0.2, 0.25) is 0 Å². The van der Waals surface area contributed by atoms with Crippen molar-refractivity contribution in [1.82, 2.24) is 19.7 Å². The molecular weight excluding hydrogens is 404 g/mol. The second-order valence-corrected chi connectivity index (χ2v) is 8.71. The number of aromatic nitrogens is 1. The van der Waals surface area contributed by atoms with E-state index in [1.807, 2.05) is 22.4 Å². The van der Waals surface area contributed by atoms with Gasteiger partial charge in [-0.3, -0.25) is 14.6 Å². The molecule has 2 fully saturated rings. The van der Waals surface area contributed by atoms with Gasteiger partial charge in [0.05, 0.1) is 19.8 Å². The van der Waals surface area contributed by atoms with Crippen molar-refractivity contribution in [3.8, 4) is 11.5 Å². The van der Waals surface area contributed by atoms with Crippen molar-refractivity contribution < 1.29 is 19.0 Å². The number of thiazole rings is 1. The van der Waals surface area contributed by atoms with E-state index in [2.05, 4.69) is 20.9 Å². The fourth-order valence-corrected chi connectivity index (χ4v) is 4.81. The molecule has 4 heterocycles. The van der Waals surface area contributed by atoms with Crippen molar-refractivity contribution in [3.63, 3.8) is 0 Å². The second-order valence-electron chi connectivity index (χ2n) is 7.77. The molecule has 0 spiro atoms. The molecule has 1 amide bonds. The highest BCUT2D eigenvalue weighted by atomic mass is 32.1. The molecule has 1 aromatic heterocycles. The van der Waals surface area contributed by atoms with E-state index in [4.69, 9.17) is 14.2 Å². The summed E-state index contributed by atoms with van der Waals surface area (Å²) in [4.78, 5) is 24.1. The van der Waals surface area contributed by atoms with Crippen LogP contribution in [0.15, 0.2) is 23.6 Å². The predicted molar refractivity (Wildman–Crippen MR) is 112 cm³/mol. The van der Waals surface area contributed by atoms with Gasteiger partial charge >= 0.3 is 0 Å². The van der Waals surface area contributed by atoms with Gasteiger partial charge in [0.2, 0.25) is 6.79 Å². The second kappa shape index (κ2) is 8.89. The lowest BCUT2D eigenvalue weighted by molar-refractivity contribution is 0.0341. The van der Waals surface area contributed by atoms with Gasteiger partial charge in [-0.05, 0) is 17.7 Å². The molecule has 160 valence electrons. The number of morpholine rings is 1. The molecule has 0 bridgehead atoms. The van der Waals surface area contributed by atoms with Crippen LogP contribution in [-0.2, 0) is 17.8 Å². The van der Waals surface area contributed by atoms with Gasteiger partial charge < -0.3 is 19.1 Å². The Morgan fingerprint density at radius 2 is 1.73 bits per heavy atom. The average Bonchev–Trinajstić information content (AvgIpc) is 3.44. The maximum Gasteiger partial charge on any atom is 0.273 e. The zero-order chi connectivity index (χ0) is 20.3. The SMILES string of the molecule is O=C(c1csc(CN2CCOCC2)n1)N1CCN(Cc2ccc3c(c2)OCO3)CC1. The number of hydrogen-bond donors (Lipinski definition) is 0. The third-order valence-corrected chi connectivity index (χ3v) is 6.57. The average molecular weight is 431 g/mol. The number of nitrogens with zero attached hydrogens (tertiary/aromatic N) is 4. The molecule has 8 nitrogen and oxygen atoms in total. The summed E-state index contributed by atoms with van der Waals surface area (Å²) in [5.74, 6) is 1.67. The van der Waals surface area contributed by atoms with E-state index in [-0.39, 0.29) is 5.91 Å². The Morgan fingerprint density at radius 3 is 2.57 bits per heavy atom. The predicted octanol–water partition coefficient (Wildman–Crippen LogP) is 1.66. The number of amides is 1. The summed E-state index contributed by atoms with van der Waals surface area (Å²) in [7, 11) is 0. The molecular formula is C21H26N4O4S. The number of carbonyl (C=O) groups is 1. The van der Waals surface area contributed by atoms with Crippen LogP contribution >= 0.6 is 11.3 Å². The summed E-state index contributed by atoms with van der Waals surface area (Å²) in [6.07, 6.45) is 0. The van der Waals surface area contributed by atoms with Crippen LogP contribution in [0.3, 0.4) is 0 Å². The molecule has 0 radical (unpaired) electrons. The summed E-state index contributed by atoms with van der Waals surface area (Å²) in [6, 6.07) is 6.09. The molecule has 0 atom stereocenters. The molecule has 5 rings (SSSR count). The minimum Gasteiger partial charge on any atom is -0.454 e. The first-order valence-electron chi connectivity index (χ1n) is 10.4. The van der Waals surface area contributed by atoms with Gasteiger partial charge in [0, 0.05) is 51.2 Å². The standard InChI is InChI=1S/C21H26N4O4S/c26-21(17-14-30-20(22-17)13-24-7-9-27-10-8-24)25-5-3-23(4-6-25)12-16-1-2-18-19(11-16)29-15-28-18/h1-2,11,14H,3-10,12-13,15H2. The lowest BCUT2D eigenvalue weighted by atomic mass is 10.1. The van der Waals surface area contributed by atoms with Gasteiger partial charge in [-0.15, -0.1) is 11.3 Å². The third kappa shape index (κ3) is 4.44. The Bertz CT molecular complexity index is 891. The number of ether oxygens (including phenoxy) is 3. The van der Waals surface area contributed by atoms with Gasteiger partial charge in [0.25, 0.3) is 5.91 Å². The summed E-state index contributed by atoms with van der Waals surface area (Å²) < 4.78 is 16.2. The molecule has 2 aromatic rings. The monoisotopic (exact) mass is 430 g/mol. The molecule has 3 aliphatic rings. The Labute approximate surface area is 179 Å². The minimum atomic E-state index is 0.0437. The number of rotatable bonds is 5. The van der Waals surface area contributed by atoms with Crippen molar-refractivity contribution in [2.75, 3.05) is 59.3 Å². The zero-order valence-electron chi connectivity index (χ0n) is 16.9. The number of fused-ring (bicyclic) bond motifs is 1. The fraction of sp³-hybridized carbons (Fsp3) is 0.524. The van der Waals surface area contributed by atoms with Crippen molar-refractivity contribution in [3.05, 3.63) is 39.8 Å². The summed E-state index contributed by atoms with van der Waals surface area (Å²) in [5, 5.41) is 2.90. The van der Waals surface area contributed by atoms with E-state index < -0.39 is 0 Å². The Kier molecular flexibility index (Phi) is 5.85. The maximum absolute atomic E-state index is 12.9. The van der Waals surface area contributed by atoms with Crippen LogP contribution in [-0.4, -0.2) is 84.9 Å². The number of benzene rings is 1. The van der Waals surface area contributed by atoms with Gasteiger partial charge in [0.1, 0.15) is 10.7 Å². The molecule has 3 aliphatic heterocycles. The Balaban J connectivity index is 1.12. The highest BCUT2D eigenvalue weighted by Crippen LogP contribution is 2.32. The van der Waals surface area contributed by atoms with Gasteiger partial charge in [-0.2, -0.15) is 0 Å². The molecule has 0 saturated carbocycles. The zero-order valence-corrected chi connectivity index (χ0v) is 17.7. The van der Waals surface area contributed by atoms with Gasteiger partial charge in [0.15, 0.2) is 11.5 Å². The van der Waals surface area contributed by atoms with Crippen LogP contribution in [0.5, 0.6) is 11.5 Å². The van der Waals surface area contributed by atoms with E-state index in [0.29, 0.717) is 12.5 Å². The van der Waals surface area contributed by atoms with Crippen LogP contribution < -0.4 is 9.47 Å². The first kappa shape index (κ1) is 19.7. The van der Waals surface area contributed by atoms with Crippen LogP contribution in [0.1, 0.15) is 21.1 Å². The van der Waals surface area contributed by atoms with E-state index in [9.17, 15) is 4.79 Å². The first-order chi connectivity index (χ1) is 14.7. The highest BCUT2D eigenvalue weighted by Gasteiger charge is 2.25. The lowest BCUT2D eigenvalue weighted by Crippen LogP contribution is -2.48. The molecule has 2 saturated heterocycles. The molecule has 0 N–H and O–H groups in total. The van der Waals surface area contributed by atoms with Crippen molar-refractivity contribution in [2.45, 2.75) is 13.1 Å². The van der Waals surface area contributed by atoms with E-state index in [0.717, 1.165) is 82.1 Å². The Hall–Kier alpha value is -2.20. The highest BCUT2D eigenvalue weighted by molar-refractivity contribution is 7.09. The van der Waals surface area contributed by atoms with Crippen molar-refractivity contribution in [1.29, 1.82) is 0 Å². The quantitative estimate of drug-likeness (QED) is 0.715. The van der Waals surface area contributed by atoms with Crippen LogP contribution in [0, 0.1) is 0 Å². The first-order valence-corrected chi connectivity index (χ1v) is 11.3. The minimum absolute atomic E-state index is 0.0437. The van der Waals surface area contributed by atoms with Crippen molar-refractivity contribution >= 4 is 17.2 Å². The van der Waals surface area contributed by atoms with E-state index in [1.54, 1.807) is 11.3 Å². The lowest BCUT2D eigenvalue weighted by Gasteiger charge is -2.34. The van der Waals surface area contributed by atoms with Crippen LogP contribution in [0.4, 0.5) is 0 Å². The van der Waals surface area contributed by atoms with Crippen molar-refractivity contribution in [2.24, 2.45) is 0 Å². The molecule has 0 aliphatic carbocycles. The number of hydrogen-bond acceptors (Lipinski definition) is 8.